The number of pyridine rings is 1. The lowest BCUT2D eigenvalue weighted by Gasteiger charge is -2.07. The third-order valence-electron chi connectivity index (χ3n) is 3.17. The van der Waals surface area contributed by atoms with E-state index in [1.54, 1.807) is 0 Å². The molecule has 96 valence electrons. The maximum atomic E-state index is 8.76. The van der Waals surface area contributed by atoms with Gasteiger partial charge in [0.25, 0.3) is 0 Å². The van der Waals surface area contributed by atoms with Crippen LogP contribution in [0.15, 0.2) is 60.8 Å². The van der Waals surface area contributed by atoms with Gasteiger partial charge in [-0.1, -0.05) is 30.3 Å². The summed E-state index contributed by atoms with van der Waals surface area (Å²) in [6.07, 6.45) is 1.84. The minimum absolute atomic E-state index is 0.682. The number of nitrogens with one attached hydrogen (secondary N) is 1. The number of para-hydroxylation sites is 1. The van der Waals surface area contributed by atoms with Crippen LogP contribution in [0, 0.1) is 11.3 Å². The first-order chi connectivity index (χ1) is 9.85. The van der Waals surface area contributed by atoms with E-state index in [1.807, 2.05) is 48.7 Å². The number of aromatic nitrogens is 1. The summed E-state index contributed by atoms with van der Waals surface area (Å²) in [7, 11) is 0. The van der Waals surface area contributed by atoms with Crippen molar-refractivity contribution in [2.45, 2.75) is 6.54 Å². The van der Waals surface area contributed by atoms with Crippen molar-refractivity contribution in [3.05, 3.63) is 71.9 Å². The maximum absolute atomic E-state index is 8.76. The number of anilines is 1. The number of hydrogen-bond donors (Lipinski definition) is 1. The lowest BCUT2D eigenvalue weighted by molar-refractivity contribution is 1.14. The number of benzene rings is 2. The summed E-state index contributed by atoms with van der Waals surface area (Å²) < 4.78 is 0. The van der Waals surface area contributed by atoms with Crippen LogP contribution >= 0.6 is 0 Å². The van der Waals surface area contributed by atoms with Gasteiger partial charge in [-0.05, 0) is 29.8 Å². The van der Waals surface area contributed by atoms with Crippen molar-refractivity contribution < 1.29 is 0 Å². The number of nitriles is 1. The molecular weight excluding hydrogens is 246 g/mol. The highest BCUT2D eigenvalue weighted by atomic mass is 14.9. The fraction of sp³-hybridized carbons (Fsp3) is 0.0588. The average Bonchev–Trinajstić information content (AvgIpc) is 2.53. The predicted octanol–water partition coefficient (Wildman–Crippen LogP) is 3.72. The lowest BCUT2D eigenvalue weighted by Crippen LogP contribution is -1.99. The summed E-state index contributed by atoms with van der Waals surface area (Å²) in [6.45, 7) is 0.714. The molecule has 0 saturated carbocycles. The molecule has 3 heteroatoms. The highest BCUT2D eigenvalue weighted by Crippen LogP contribution is 2.16. The fourth-order valence-corrected chi connectivity index (χ4v) is 2.07. The molecular formula is C17H13N3. The van der Waals surface area contributed by atoms with Crippen LogP contribution in [0.2, 0.25) is 0 Å². The van der Waals surface area contributed by atoms with Gasteiger partial charge < -0.3 is 5.32 Å². The molecule has 0 fully saturated rings. The quantitative estimate of drug-likeness (QED) is 0.779. The standard InChI is InChI=1S/C17H13N3/c18-10-13-5-7-14(8-6-13)11-19-16-9-15-3-1-2-4-17(15)20-12-16/h1-9,12,19H,11H2. The third-order valence-corrected chi connectivity index (χ3v) is 3.17. The molecule has 3 rings (SSSR count). The Morgan fingerprint density at radius 2 is 1.85 bits per heavy atom. The second-order valence-electron chi connectivity index (χ2n) is 4.58. The number of nitrogens with zero attached hydrogens (tertiary/aromatic N) is 2. The number of fused-ring (bicyclic) bond motifs is 1. The molecule has 2 aromatic carbocycles. The molecule has 0 aliphatic carbocycles. The first kappa shape index (κ1) is 12.2. The van der Waals surface area contributed by atoms with E-state index < -0.39 is 0 Å². The molecule has 0 aliphatic heterocycles. The van der Waals surface area contributed by atoms with Crippen LogP contribution in [-0.2, 0) is 6.54 Å². The number of hydrogen-bond acceptors (Lipinski definition) is 3. The average molecular weight is 259 g/mol. The molecule has 0 unspecified atom stereocenters. The first-order valence-corrected chi connectivity index (χ1v) is 6.43. The Kier molecular flexibility index (Phi) is 3.30. The Labute approximate surface area is 117 Å². The molecule has 0 radical (unpaired) electrons. The van der Waals surface area contributed by atoms with Crippen LogP contribution in [0.4, 0.5) is 5.69 Å². The molecule has 0 spiro atoms. The normalized spacial score (nSPS) is 10.2. The summed E-state index contributed by atoms with van der Waals surface area (Å²) in [5, 5.41) is 13.2. The lowest BCUT2D eigenvalue weighted by atomic mass is 10.1. The molecule has 3 nitrogen and oxygen atoms in total. The van der Waals surface area contributed by atoms with E-state index in [4.69, 9.17) is 5.26 Å². The third kappa shape index (κ3) is 2.60. The molecule has 0 bridgehead atoms. The van der Waals surface area contributed by atoms with Gasteiger partial charge in [0.15, 0.2) is 0 Å². The van der Waals surface area contributed by atoms with Crippen LogP contribution in [-0.4, -0.2) is 4.98 Å². The highest BCUT2D eigenvalue weighted by molar-refractivity contribution is 5.81. The van der Waals surface area contributed by atoms with Crippen LogP contribution in [0.3, 0.4) is 0 Å². The van der Waals surface area contributed by atoms with Gasteiger partial charge in [-0.2, -0.15) is 5.26 Å². The first-order valence-electron chi connectivity index (χ1n) is 6.43. The molecule has 1 N–H and O–H groups in total. The van der Waals surface area contributed by atoms with Crippen molar-refractivity contribution in [3.8, 4) is 6.07 Å². The molecule has 0 saturated heterocycles. The summed E-state index contributed by atoms with van der Waals surface area (Å²) >= 11 is 0. The molecule has 0 atom stereocenters. The monoisotopic (exact) mass is 259 g/mol. The Hall–Kier alpha value is -2.86. The summed E-state index contributed by atoms with van der Waals surface area (Å²) in [6, 6.07) is 19.8. The second kappa shape index (κ2) is 5.41. The highest BCUT2D eigenvalue weighted by Gasteiger charge is 1.98. The van der Waals surface area contributed by atoms with Crippen molar-refractivity contribution in [1.29, 1.82) is 5.26 Å². The zero-order valence-electron chi connectivity index (χ0n) is 10.9. The predicted molar refractivity (Wildman–Crippen MR) is 80.2 cm³/mol. The number of rotatable bonds is 3. The molecule has 3 aromatic rings. The van der Waals surface area contributed by atoms with Gasteiger partial charge in [0, 0.05) is 11.9 Å². The summed E-state index contributed by atoms with van der Waals surface area (Å²) in [4.78, 5) is 4.42. The topological polar surface area (TPSA) is 48.7 Å². The molecule has 20 heavy (non-hydrogen) atoms. The van der Waals surface area contributed by atoms with Crippen molar-refractivity contribution in [1.82, 2.24) is 4.98 Å². The van der Waals surface area contributed by atoms with Crippen LogP contribution in [0.25, 0.3) is 10.9 Å². The zero-order chi connectivity index (χ0) is 13.8. The fourth-order valence-electron chi connectivity index (χ4n) is 2.07. The van der Waals surface area contributed by atoms with Crippen molar-refractivity contribution in [2.24, 2.45) is 0 Å². The Bertz CT molecular complexity index is 770. The van der Waals surface area contributed by atoms with Gasteiger partial charge in [-0.3, -0.25) is 4.98 Å². The Morgan fingerprint density at radius 1 is 1.05 bits per heavy atom. The van der Waals surface area contributed by atoms with Crippen molar-refractivity contribution in [3.63, 3.8) is 0 Å². The Balaban J connectivity index is 1.74. The van der Waals surface area contributed by atoms with Gasteiger partial charge in [0.05, 0.1) is 29.0 Å². The van der Waals surface area contributed by atoms with E-state index in [9.17, 15) is 0 Å². The van der Waals surface area contributed by atoms with E-state index in [0.717, 1.165) is 22.2 Å². The van der Waals surface area contributed by atoms with Gasteiger partial charge >= 0.3 is 0 Å². The minimum Gasteiger partial charge on any atom is -0.380 e. The van der Waals surface area contributed by atoms with Crippen molar-refractivity contribution >= 4 is 16.6 Å². The van der Waals surface area contributed by atoms with Gasteiger partial charge in [-0.25, -0.2) is 0 Å². The maximum Gasteiger partial charge on any atom is 0.0991 e. The molecule has 1 heterocycles. The smallest absolute Gasteiger partial charge is 0.0991 e. The van der Waals surface area contributed by atoms with Gasteiger partial charge in [-0.15, -0.1) is 0 Å². The van der Waals surface area contributed by atoms with E-state index in [-0.39, 0.29) is 0 Å². The minimum atomic E-state index is 0.682. The van der Waals surface area contributed by atoms with Crippen LogP contribution in [0.1, 0.15) is 11.1 Å². The van der Waals surface area contributed by atoms with Gasteiger partial charge in [0.1, 0.15) is 0 Å². The second-order valence-corrected chi connectivity index (χ2v) is 4.58. The van der Waals surface area contributed by atoms with Gasteiger partial charge in [0.2, 0.25) is 0 Å². The van der Waals surface area contributed by atoms with E-state index in [0.29, 0.717) is 12.1 Å². The summed E-state index contributed by atoms with van der Waals surface area (Å²) in [5.41, 5.74) is 3.81. The van der Waals surface area contributed by atoms with Crippen molar-refractivity contribution in [2.75, 3.05) is 5.32 Å². The largest absolute Gasteiger partial charge is 0.380 e. The van der Waals surface area contributed by atoms with Crippen LogP contribution in [0.5, 0.6) is 0 Å². The molecule has 0 amide bonds. The molecule has 0 aliphatic rings. The van der Waals surface area contributed by atoms with E-state index in [1.165, 1.54) is 0 Å². The van der Waals surface area contributed by atoms with E-state index in [2.05, 4.69) is 28.5 Å². The summed E-state index contributed by atoms with van der Waals surface area (Å²) in [5.74, 6) is 0. The zero-order valence-corrected chi connectivity index (χ0v) is 10.9. The molecule has 1 aromatic heterocycles. The van der Waals surface area contributed by atoms with Crippen LogP contribution < -0.4 is 5.32 Å². The van der Waals surface area contributed by atoms with E-state index >= 15 is 0 Å². The SMILES string of the molecule is N#Cc1ccc(CNc2cnc3ccccc3c2)cc1. The Morgan fingerprint density at radius 3 is 2.65 bits per heavy atom.